The van der Waals surface area contributed by atoms with Gasteiger partial charge in [0, 0.05) is 19.1 Å². The third kappa shape index (κ3) is 2.47. The molecule has 0 aromatic carbocycles. The monoisotopic (exact) mass is 353 g/mol. The molecule has 1 atom stereocenters. The molecule has 7 heteroatoms. The van der Waals surface area contributed by atoms with E-state index in [-0.39, 0.29) is 6.04 Å². The number of aromatic nitrogens is 5. The fourth-order valence-electron chi connectivity index (χ4n) is 4.88. The van der Waals surface area contributed by atoms with Gasteiger partial charge in [-0.2, -0.15) is 4.98 Å². The Labute approximate surface area is 154 Å². The molecule has 5 rings (SSSR count). The minimum atomic E-state index is 0.247. The number of hydrogen-bond acceptors (Lipinski definition) is 6. The molecule has 2 aliphatic heterocycles. The van der Waals surface area contributed by atoms with Crippen LogP contribution in [0.3, 0.4) is 0 Å². The largest absolute Gasteiger partial charge is 0.341 e. The van der Waals surface area contributed by atoms with Crippen LogP contribution in [-0.4, -0.2) is 43.9 Å². The van der Waals surface area contributed by atoms with Crippen LogP contribution < -0.4 is 9.80 Å². The van der Waals surface area contributed by atoms with Gasteiger partial charge in [-0.25, -0.2) is 4.98 Å². The van der Waals surface area contributed by atoms with Gasteiger partial charge in [0.25, 0.3) is 0 Å². The molecular weight excluding hydrogens is 326 g/mol. The Hall–Kier alpha value is -2.18. The van der Waals surface area contributed by atoms with E-state index in [1.165, 1.54) is 44.9 Å². The fourth-order valence-corrected chi connectivity index (χ4v) is 4.88. The van der Waals surface area contributed by atoms with Gasteiger partial charge >= 0.3 is 0 Å². The second kappa shape index (κ2) is 6.52. The van der Waals surface area contributed by atoms with Crippen molar-refractivity contribution in [3.63, 3.8) is 0 Å². The van der Waals surface area contributed by atoms with E-state index < -0.39 is 0 Å². The first kappa shape index (κ1) is 16.0. The van der Waals surface area contributed by atoms with Crippen molar-refractivity contribution in [3.8, 4) is 5.69 Å². The Bertz CT molecular complexity index is 774. The van der Waals surface area contributed by atoms with Crippen LogP contribution >= 0.6 is 0 Å². The molecule has 0 N–H and O–H groups in total. The molecule has 2 fully saturated rings. The molecular formula is C19H27N7. The smallest absolute Gasteiger partial charge is 0.227 e. The molecule has 2 aromatic rings. The number of rotatable bonds is 3. The first-order valence-electron chi connectivity index (χ1n) is 10.2. The van der Waals surface area contributed by atoms with Crippen molar-refractivity contribution in [1.82, 2.24) is 24.7 Å². The maximum Gasteiger partial charge on any atom is 0.227 e. The summed E-state index contributed by atoms with van der Waals surface area (Å²) < 4.78 is 2.09. The van der Waals surface area contributed by atoms with E-state index in [4.69, 9.17) is 9.97 Å². The van der Waals surface area contributed by atoms with E-state index in [2.05, 4.69) is 31.5 Å². The fraction of sp³-hybridized carbons (Fsp3) is 0.684. The SMILES string of the molecule is CCC1c2nncn2-c2cnc(N3CCCCC3)nc2N1C1CCCC1. The molecule has 2 aromatic heterocycles. The summed E-state index contributed by atoms with van der Waals surface area (Å²) >= 11 is 0. The van der Waals surface area contributed by atoms with Gasteiger partial charge in [-0.3, -0.25) is 4.57 Å². The molecule has 1 aliphatic carbocycles. The van der Waals surface area contributed by atoms with E-state index >= 15 is 0 Å². The minimum Gasteiger partial charge on any atom is -0.341 e. The molecule has 0 amide bonds. The summed E-state index contributed by atoms with van der Waals surface area (Å²) in [5, 5.41) is 8.64. The Morgan fingerprint density at radius 3 is 2.65 bits per heavy atom. The second-order valence-corrected chi connectivity index (χ2v) is 7.76. The lowest BCUT2D eigenvalue weighted by molar-refractivity contribution is 0.468. The molecule has 7 nitrogen and oxygen atoms in total. The minimum absolute atomic E-state index is 0.247. The van der Waals surface area contributed by atoms with Crippen molar-refractivity contribution in [3.05, 3.63) is 18.3 Å². The van der Waals surface area contributed by atoms with Gasteiger partial charge in [-0.15, -0.1) is 10.2 Å². The zero-order valence-corrected chi connectivity index (χ0v) is 15.5. The number of nitrogens with zero attached hydrogens (tertiary/aromatic N) is 7. The van der Waals surface area contributed by atoms with Crippen molar-refractivity contribution in [2.24, 2.45) is 0 Å². The van der Waals surface area contributed by atoms with Crippen molar-refractivity contribution in [2.75, 3.05) is 22.9 Å². The molecule has 138 valence electrons. The van der Waals surface area contributed by atoms with Gasteiger partial charge in [0.2, 0.25) is 5.95 Å². The zero-order valence-electron chi connectivity index (χ0n) is 15.5. The average Bonchev–Trinajstić information content (AvgIpc) is 3.39. The number of fused-ring (bicyclic) bond motifs is 3. The Kier molecular flexibility index (Phi) is 4.02. The average molecular weight is 353 g/mol. The molecule has 1 unspecified atom stereocenters. The predicted octanol–water partition coefficient (Wildman–Crippen LogP) is 3.26. The summed E-state index contributed by atoms with van der Waals surface area (Å²) in [6.07, 6.45) is 13.7. The third-order valence-corrected chi connectivity index (χ3v) is 6.19. The van der Waals surface area contributed by atoms with Crippen LogP contribution in [0.25, 0.3) is 5.69 Å². The van der Waals surface area contributed by atoms with Crippen molar-refractivity contribution in [2.45, 2.75) is 70.4 Å². The predicted molar refractivity (Wildman–Crippen MR) is 101 cm³/mol. The van der Waals surface area contributed by atoms with Gasteiger partial charge in [0.1, 0.15) is 12.0 Å². The van der Waals surface area contributed by atoms with E-state index in [9.17, 15) is 0 Å². The standard InChI is InChI=1S/C19H27N7/c1-2-15-18-23-21-13-25(18)16-12-20-19(24-10-6-3-7-11-24)22-17(16)26(15)14-8-4-5-9-14/h12-15H,2-11H2,1H3. The summed E-state index contributed by atoms with van der Waals surface area (Å²) in [6, 6.07) is 0.797. The first-order chi connectivity index (χ1) is 12.9. The van der Waals surface area contributed by atoms with Crippen molar-refractivity contribution >= 4 is 11.8 Å². The maximum absolute atomic E-state index is 5.10. The molecule has 0 radical (unpaired) electrons. The van der Waals surface area contributed by atoms with Crippen LogP contribution in [0.4, 0.5) is 11.8 Å². The van der Waals surface area contributed by atoms with Gasteiger partial charge < -0.3 is 9.80 Å². The summed E-state index contributed by atoms with van der Waals surface area (Å²) in [5.74, 6) is 2.99. The number of anilines is 2. The lowest BCUT2D eigenvalue weighted by atomic mass is 10.0. The van der Waals surface area contributed by atoms with Gasteiger partial charge in [0.15, 0.2) is 11.6 Å². The molecule has 1 saturated carbocycles. The van der Waals surface area contributed by atoms with E-state index in [0.717, 1.165) is 42.8 Å². The van der Waals surface area contributed by atoms with Gasteiger partial charge in [-0.1, -0.05) is 19.8 Å². The summed E-state index contributed by atoms with van der Waals surface area (Å²) in [4.78, 5) is 14.7. The normalized spacial score (nSPS) is 23.2. The third-order valence-electron chi connectivity index (χ3n) is 6.19. The van der Waals surface area contributed by atoms with Crippen LogP contribution in [0.15, 0.2) is 12.5 Å². The van der Waals surface area contributed by atoms with Crippen LogP contribution in [0.1, 0.15) is 70.2 Å². The number of hydrogen-bond donors (Lipinski definition) is 0. The quantitative estimate of drug-likeness (QED) is 0.844. The second-order valence-electron chi connectivity index (χ2n) is 7.76. The van der Waals surface area contributed by atoms with Crippen LogP contribution in [-0.2, 0) is 0 Å². The maximum atomic E-state index is 5.10. The van der Waals surface area contributed by atoms with Crippen LogP contribution in [0, 0.1) is 0 Å². The molecule has 4 heterocycles. The topological polar surface area (TPSA) is 63.0 Å². The van der Waals surface area contributed by atoms with Crippen LogP contribution in [0.2, 0.25) is 0 Å². The van der Waals surface area contributed by atoms with Gasteiger partial charge in [0.05, 0.1) is 12.2 Å². The first-order valence-corrected chi connectivity index (χ1v) is 10.2. The van der Waals surface area contributed by atoms with Crippen LogP contribution in [0.5, 0.6) is 0 Å². The summed E-state index contributed by atoms with van der Waals surface area (Å²) in [6.45, 7) is 4.37. The molecule has 26 heavy (non-hydrogen) atoms. The van der Waals surface area contributed by atoms with E-state index in [1.54, 1.807) is 0 Å². The highest BCUT2D eigenvalue weighted by atomic mass is 15.4. The summed E-state index contributed by atoms with van der Waals surface area (Å²) in [7, 11) is 0. The highest BCUT2D eigenvalue weighted by Gasteiger charge is 2.38. The lowest BCUT2D eigenvalue weighted by Crippen LogP contribution is -2.42. The van der Waals surface area contributed by atoms with Crippen molar-refractivity contribution in [1.29, 1.82) is 0 Å². The number of piperidine rings is 1. The Morgan fingerprint density at radius 1 is 1.08 bits per heavy atom. The van der Waals surface area contributed by atoms with E-state index in [0.29, 0.717) is 6.04 Å². The Balaban J connectivity index is 1.62. The zero-order chi connectivity index (χ0) is 17.5. The van der Waals surface area contributed by atoms with Gasteiger partial charge in [-0.05, 0) is 38.5 Å². The summed E-state index contributed by atoms with van der Waals surface area (Å²) in [5.41, 5.74) is 1.03. The highest BCUT2D eigenvalue weighted by molar-refractivity contribution is 5.63. The molecule has 1 saturated heterocycles. The molecule has 0 bridgehead atoms. The highest BCUT2D eigenvalue weighted by Crippen LogP contribution is 2.42. The lowest BCUT2D eigenvalue weighted by Gasteiger charge is -2.41. The molecule has 0 spiro atoms. The Morgan fingerprint density at radius 2 is 1.88 bits per heavy atom. The van der Waals surface area contributed by atoms with Crippen molar-refractivity contribution < 1.29 is 0 Å². The molecule has 3 aliphatic rings. The van der Waals surface area contributed by atoms with E-state index in [1.807, 2.05) is 12.5 Å².